The molecule has 0 aromatic carbocycles. The van der Waals surface area contributed by atoms with Crippen molar-refractivity contribution in [2.24, 2.45) is 13.0 Å². The largest absolute Gasteiger partial charge is 0.352 e. The molecule has 1 atom stereocenters. The van der Waals surface area contributed by atoms with Gasteiger partial charge in [-0.2, -0.15) is 0 Å². The Morgan fingerprint density at radius 2 is 2.26 bits per heavy atom. The monoisotopic (exact) mass is 284 g/mol. The first-order valence-corrected chi connectivity index (χ1v) is 7.85. The van der Waals surface area contributed by atoms with Crippen molar-refractivity contribution < 1.29 is 13.2 Å². The van der Waals surface area contributed by atoms with E-state index in [1.54, 1.807) is 13.1 Å². The summed E-state index contributed by atoms with van der Waals surface area (Å²) < 4.78 is 23.9. The summed E-state index contributed by atoms with van der Waals surface area (Å²) in [6, 6.07) is 2.82. The first-order valence-electron chi connectivity index (χ1n) is 6.03. The van der Waals surface area contributed by atoms with Crippen molar-refractivity contribution >= 4 is 15.7 Å². The Hall–Kier alpha value is -1.63. The summed E-state index contributed by atoms with van der Waals surface area (Å²) in [5, 5.41) is 2.67. The number of carbonyl (C=O) groups is 1. The molecule has 0 spiro atoms. The van der Waals surface area contributed by atoms with Crippen LogP contribution in [0.4, 0.5) is 0 Å². The molecule has 7 heteroatoms. The molecule has 104 valence electrons. The zero-order valence-electron chi connectivity index (χ0n) is 10.6. The van der Waals surface area contributed by atoms with E-state index in [1.807, 2.05) is 0 Å². The van der Waals surface area contributed by atoms with E-state index >= 15 is 0 Å². The number of hydrogen-bond donors (Lipinski definition) is 1. The summed E-state index contributed by atoms with van der Waals surface area (Å²) in [5.41, 5.74) is 0.0417. The Bertz CT molecular complexity index is 648. The van der Waals surface area contributed by atoms with Gasteiger partial charge in [-0.05, 0) is 18.4 Å². The molecule has 1 aromatic rings. The predicted molar refractivity (Wildman–Crippen MR) is 70.8 cm³/mol. The predicted octanol–water partition coefficient (Wildman–Crippen LogP) is -0.450. The number of hydrogen-bond acceptors (Lipinski definition) is 4. The summed E-state index contributed by atoms with van der Waals surface area (Å²) in [5.74, 6) is -0.0500. The molecule has 2 heterocycles. The third-order valence-corrected chi connectivity index (χ3v) is 5.08. The van der Waals surface area contributed by atoms with E-state index in [0.29, 0.717) is 18.5 Å². The normalized spacial score (nSPS) is 21.2. The zero-order chi connectivity index (χ0) is 14.0. The molecule has 1 N–H and O–H groups in total. The third kappa shape index (κ3) is 3.44. The highest BCUT2D eigenvalue weighted by atomic mass is 32.2. The minimum absolute atomic E-state index is 0.0273. The fraction of sp³-hybridized carbons (Fsp3) is 0.500. The van der Waals surface area contributed by atoms with Crippen LogP contribution in [0.5, 0.6) is 0 Å². The van der Waals surface area contributed by atoms with Crippen molar-refractivity contribution in [1.82, 2.24) is 9.88 Å². The average molecular weight is 284 g/mol. The number of nitrogens with one attached hydrogen (secondary N) is 1. The average Bonchev–Trinajstić information content (AvgIpc) is 2.69. The SMILES string of the molecule is Cn1ccc(C(=O)NC[C@@H]2CCS(=O)(=O)C2)cc1=O. The molecule has 1 fully saturated rings. The molecule has 1 amide bonds. The standard InChI is InChI=1S/C12H16N2O4S/c1-14-4-2-10(6-11(14)15)12(16)13-7-9-3-5-19(17,18)8-9/h2,4,6,9H,3,5,7-8H2,1H3,(H,13,16)/t9-/m0/s1. The fourth-order valence-electron chi connectivity index (χ4n) is 2.06. The van der Waals surface area contributed by atoms with Crippen LogP contribution in [0.15, 0.2) is 23.1 Å². The van der Waals surface area contributed by atoms with Crippen molar-refractivity contribution in [1.29, 1.82) is 0 Å². The second-order valence-electron chi connectivity index (χ2n) is 4.84. The minimum Gasteiger partial charge on any atom is -0.352 e. The van der Waals surface area contributed by atoms with E-state index < -0.39 is 9.84 Å². The highest BCUT2D eigenvalue weighted by Crippen LogP contribution is 2.17. The van der Waals surface area contributed by atoms with Gasteiger partial charge in [0.15, 0.2) is 9.84 Å². The lowest BCUT2D eigenvalue weighted by molar-refractivity contribution is 0.0948. The van der Waals surface area contributed by atoms with Gasteiger partial charge in [-0.25, -0.2) is 8.42 Å². The van der Waals surface area contributed by atoms with E-state index in [2.05, 4.69) is 5.32 Å². The van der Waals surface area contributed by atoms with Gasteiger partial charge in [0.2, 0.25) is 0 Å². The summed E-state index contributed by atoms with van der Waals surface area (Å²) in [6.45, 7) is 0.327. The van der Waals surface area contributed by atoms with Crippen molar-refractivity contribution in [3.63, 3.8) is 0 Å². The first kappa shape index (κ1) is 13.8. The molecule has 0 saturated carbocycles. The molecular formula is C12H16N2O4S. The van der Waals surface area contributed by atoms with Gasteiger partial charge in [0.05, 0.1) is 11.5 Å². The Morgan fingerprint density at radius 1 is 1.53 bits per heavy atom. The van der Waals surface area contributed by atoms with Crippen LogP contribution in [0.1, 0.15) is 16.8 Å². The Balaban J connectivity index is 1.95. The maximum Gasteiger partial charge on any atom is 0.251 e. The number of aromatic nitrogens is 1. The first-order chi connectivity index (χ1) is 8.87. The van der Waals surface area contributed by atoms with Crippen molar-refractivity contribution in [2.75, 3.05) is 18.1 Å². The summed E-state index contributed by atoms with van der Waals surface area (Å²) >= 11 is 0. The van der Waals surface area contributed by atoms with E-state index in [-0.39, 0.29) is 28.9 Å². The quantitative estimate of drug-likeness (QED) is 0.814. The van der Waals surface area contributed by atoms with Crippen LogP contribution in [0.25, 0.3) is 0 Å². The molecule has 2 rings (SSSR count). The van der Waals surface area contributed by atoms with Gasteiger partial charge in [-0.1, -0.05) is 0 Å². The zero-order valence-corrected chi connectivity index (χ0v) is 11.4. The fourth-order valence-corrected chi connectivity index (χ4v) is 3.92. The smallest absolute Gasteiger partial charge is 0.251 e. The molecule has 1 aliphatic rings. The molecule has 0 radical (unpaired) electrons. The van der Waals surface area contributed by atoms with Gasteiger partial charge in [-0.15, -0.1) is 0 Å². The Morgan fingerprint density at radius 3 is 2.84 bits per heavy atom. The number of nitrogens with zero attached hydrogens (tertiary/aromatic N) is 1. The maximum absolute atomic E-state index is 11.8. The van der Waals surface area contributed by atoms with Gasteiger partial charge in [-0.3, -0.25) is 9.59 Å². The van der Waals surface area contributed by atoms with Gasteiger partial charge in [0, 0.05) is 31.4 Å². The topological polar surface area (TPSA) is 85.2 Å². The van der Waals surface area contributed by atoms with Crippen molar-refractivity contribution in [3.8, 4) is 0 Å². The van der Waals surface area contributed by atoms with Crippen LogP contribution in [0, 0.1) is 5.92 Å². The Kier molecular flexibility index (Phi) is 3.75. The third-order valence-electron chi connectivity index (χ3n) is 3.24. The number of sulfone groups is 1. The van der Waals surface area contributed by atoms with Gasteiger partial charge >= 0.3 is 0 Å². The minimum atomic E-state index is -2.92. The molecule has 0 aliphatic carbocycles. The molecule has 0 unspecified atom stereocenters. The maximum atomic E-state index is 11.8. The van der Waals surface area contributed by atoms with E-state index in [9.17, 15) is 18.0 Å². The lowest BCUT2D eigenvalue weighted by atomic mass is 10.1. The number of rotatable bonds is 3. The van der Waals surface area contributed by atoms with Crippen LogP contribution in [-0.4, -0.2) is 36.9 Å². The summed E-state index contributed by atoms with van der Waals surface area (Å²) in [4.78, 5) is 23.2. The molecule has 1 aliphatic heterocycles. The van der Waals surface area contributed by atoms with Gasteiger partial charge < -0.3 is 9.88 Å². The van der Waals surface area contributed by atoms with E-state index in [0.717, 1.165) is 0 Å². The lowest BCUT2D eigenvalue weighted by Gasteiger charge is -2.09. The van der Waals surface area contributed by atoms with E-state index in [1.165, 1.54) is 16.8 Å². The molecular weight excluding hydrogens is 268 g/mol. The van der Waals surface area contributed by atoms with Crippen LogP contribution < -0.4 is 10.9 Å². The van der Waals surface area contributed by atoms with E-state index in [4.69, 9.17) is 0 Å². The second kappa shape index (κ2) is 5.16. The molecule has 1 saturated heterocycles. The lowest BCUT2D eigenvalue weighted by Crippen LogP contribution is -2.31. The molecule has 19 heavy (non-hydrogen) atoms. The van der Waals surface area contributed by atoms with Crippen molar-refractivity contribution in [3.05, 3.63) is 34.2 Å². The number of amides is 1. The van der Waals surface area contributed by atoms with Gasteiger partial charge in [0.1, 0.15) is 0 Å². The van der Waals surface area contributed by atoms with Gasteiger partial charge in [0.25, 0.3) is 11.5 Å². The van der Waals surface area contributed by atoms with Crippen LogP contribution in [0.3, 0.4) is 0 Å². The van der Waals surface area contributed by atoms with Crippen molar-refractivity contribution in [2.45, 2.75) is 6.42 Å². The van der Waals surface area contributed by atoms with Crippen LogP contribution in [-0.2, 0) is 16.9 Å². The number of aryl methyl sites for hydroxylation is 1. The second-order valence-corrected chi connectivity index (χ2v) is 7.07. The molecule has 0 bridgehead atoms. The summed E-state index contributed by atoms with van der Waals surface area (Å²) in [6.07, 6.45) is 2.11. The number of carbonyl (C=O) groups excluding carboxylic acids is 1. The van der Waals surface area contributed by atoms with Crippen LogP contribution >= 0.6 is 0 Å². The highest BCUT2D eigenvalue weighted by Gasteiger charge is 2.27. The molecule has 6 nitrogen and oxygen atoms in total. The van der Waals surface area contributed by atoms with Crippen LogP contribution in [0.2, 0.25) is 0 Å². The summed E-state index contributed by atoms with van der Waals surface area (Å²) in [7, 11) is -1.32. The highest BCUT2D eigenvalue weighted by molar-refractivity contribution is 7.91. The molecule has 1 aromatic heterocycles. The Labute approximate surface area is 111 Å². The number of pyridine rings is 1.